The van der Waals surface area contributed by atoms with E-state index in [1.807, 2.05) is 6.07 Å². The minimum Gasteiger partial charge on any atom is -0.380 e. The van der Waals surface area contributed by atoms with E-state index < -0.39 is 23.1 Å². The van der Waals surface area contributed by atoms with Gasteiger partial charge in [0.25, 0.3) is 5.91 Å². The van der Waals surface area contributed by atoms with Gasteiger partial charge in [-0.05, 0) is 60.4 Å². The van der Waals surface area contributed by atoms with Crippen LogP contribution in [0.25, 0.3) is 10.6 Å². The molecule has 0 spiro atoms. The van der Waals surface area contributed by atoms with Gasteiger partial charge in [0.15, 0.2) is 0 Å². The van der Waals surface area contributed by atoms with E-state index in [1.54, 1.807) is 12.4 Å². The molecule has 7 nitrogen and oxygen atoms in total. The van der Waals surface area contributed by atoms with E-state index in [9.17, 15) is 18.7 Å². The van der Waals surface area contributed by atoms with Crippen LogP contribution in [0.15, 0.2) is 36.0 Å². The molecule has 1 aliphatic carbocycles. The van der Waals surface area contributed by atoms with Crippen molar-refractivity contribution in [1.29, 1.82) is 0 Å². The van der Waals surface area contributed by atoms with Crippen LogP contribution >= 0.6 is 11.3 Å². The van der Waals surface area contributed by atoms with Gasteiger partial charge in [-0.3, -0.25) is 9.78 Å². The highest BCUT2D eigenvalue weighted by molar-refractivity contribution is 7.13. The molecule has 3 atom stereocenters. The van der Waals surface area contributed by atoms with E-state index >= 15 is 0 Å². The smallest absolute Gasteiger partial charge is 0.275 e. The van der Waals surface area contributed by atoms with Crippen LogP contribution in [-0.2, 0) is 10.3 Å². The Balaban J connectivity index is 1.37. The fraction of sp³-hybridized carbons (Fsp3) is 0.400. The quantitative estimate of drug-likeness (QED) is 0.485. The Hall–Kier alpha value is -2.79. The summed E-state index contributed by atoms with van der Waals surface area (Å²) in [6.07, 6.45) is 6.06. The zero-order valence-electron chi connectivity index (χ0n) is 19.1. The number of hydrogen-bond acceptors (Lipinski definition) is 7. The number of nitrogens with two attached hydrogens (primary N) is 1. The van der Waals surface area contributed by atoms with Crippen LogP contribution in [0.2, 0.25) is 0 Å². The lowest BCUT2D eigenvalue weighted by Crippen LogP contribution is -2.46. The largest absolute Gasteiger partial charge is 0.380 e. The summed E-state index contributed by atoms with van der Waals surface area (Å²) in [5.74, 6) is -1.53. The van der Waals surface area contributed by atoms with Crippen LogP contribution in [0.3, 0.4) is 0 Å². The average molecular weight is 501 g/mol. The topological polar surface area (TPSA) is 110 Å². The number of rotatable bonds is 5. The lowest BCUT2D eigenvalue weighted by atomic mass is 9.76. The second-order valence-electron chi connectivity index (χ2n) is 9.56. The minimum atomic E-state index is -1.39. The lowest BCUT2D eigenvalue weighted by Gasteiger charge is -2.36. The first-order valence-corrected chi connectivity index (χ1v) is 12.4. The molecule has 5 rings (SSSR count). The maximum absolute atomic E-state index is 14.8. The summed E-state index contributed by atoms with van der Waals surface area (Å²) in [4.78, 5) is 21.3. The van der Waals surface area contributed by atoms with Crippen LogP contribution < -0.4 is 11.1 Å². The number of ether oxygens (including phenoxy) is 1. The van der Waals surface area contributed by atoms with E-state index in [0.717, 1.165) is 48.3 Å². The average Bonchev–Trinajstić information content (AvgIpc) is 3.26. The molecule has 3 aromatic rings. The first-order valence-electron chi connectivity index (χ1n) is 11.5. The molecule has 1 saturated heterocycles. The molecule has 2 aliphatic rings. The van der Waals surface area contributed by atoms with Gasteiger partial charge in [-0.15, -0.1) is 11.3 Å². The van der Waals surface area contributed by atoms with Crippen molar-refractivity contribution in [1.82, 2.24) is 9.97 Å². The van der Waals surface area contributed by atoms with E-state index in [4.69, 9.17) is 10.5 Å². The molecule has 4 N–H and O–H groups in total. The number of pyridine rings is 1. The number of carbonyl (C=O) groups is 1. The second-order valence-corrected chi connectivity index (χ2v) is 10.4. The molecule has 2 fully saturated rings. The summed E-state index contributed by atoms with van der Waals surface area (Å²) in [5.41, 5.74) is 6.20. The van der Waals surface area contributed by atoms with Crippen molar-refractivity contribution in [2.75, 3.05) is 18.5 Å². The summed E-state index contributed by atoms with van der Waals surface area (Å²) in [5, 5.41) is 14.7. The minimum absolute atomic E-state index is 0.0190. The first kappa shape index (κ1) is 23.9. The fourth-order valence-electron chi connectivity index (χ4n) is 4.96. The molecule has 35 heavy (non-hydrogen) atoms. The molecular weight excluding hydrogens is 474 g/mol. The molecule has 1 aromatic carbocycles. The van der Waals surface area contributed by atoms with Gasteiger partial charge >= 0.3 is 0 Å². The van der Waals surface area contributed by atoms with Crippen molar-refractivity contribution >= 4 is 22.9 Å². The number of hydrogen-bond donors (Lipinski definition) is 3. The summed E-state index contributed by atoms with van der Waals surface area (Å²) < 4.78 is 34.6. The van der Waals surface area contributed by atoms with E-state index in [1.165, 1.54) is 5.38 Å². The molecule has 184 valence electrons. The molecule has 0 radical (unpaired) electrons. The monoisotopic (exact) mass is 500 g/mol. The number of aliphatic hydroxyl groups is 1. The molecule has 1 amide bonds. The van der Waals surface area contributed by atoms with Crippen LogP contribution in [-0.4, -0.2) is 40.2 Å². The third kappa shape index (κ3) is 4.71. The van der Waals surface area contributed by atoms with Crippen molar-refractivity contribution in [3.8, 4) is 10.6 Å². The number of benzene rings is 1. The number of nitrogens with one attached hydrogen (secondary N) is 1. The van der Waals surface area contributed by atoms with Gasteiger partial charge < -0.3 is 20.9 Å². The Morgan fingerprint density at radius 1 is 1.26 bits per heavy atom. The van der Waals surface area contributed by atoms with Gasteiger partial charge in [0.05, 0.1) is 30.7 Å². The standard InChI is InChI=1S/C25H26F2N4O3S/c1-13-4-14(6-16(28)5-13)17-2-3-29-9-20(17)30-23(32)21-10-35-24(31-21)22-18(26)7-15(8-19(22)27)25(33)11-34-12-25/h2-3,7-10,13-14,16,33H,4-6,11-12,28H2,1H3,(H,30,32). The van der Waals surface area contributed by atoms with E-state index in [-0.39, 0.29) is 47.0 Å². The normalized spacial score (nSPS) is 23.5. The van der Waals surface area contributed by atoms with Gasteiger partial charge in [0, 0.05) is 17.6 Å². The first-order chi connectivity index (χ1) is 16.7. The number of nitrogens with zero attached hydrogens (tertiary/aromatic N) is 2. The SMILES string of the molecule is CC1CC(N)CC(c2ccncc2NC(=O)c2csc(-c3c(F)cc(C4(O)COC4)cc3F)n2)C1. The number of amides is 1. The van der Waals surface area contributed by atoms with Crippen LogP contribution in [0.4, 0.5) is 14.5 Å². The Morgan fingerprint density at radius 2 is 2.00 bits per heavy atom. The van der Waals surface area contributed by atoms with Gasteiger partial charge in [-0.1, -0.05) is 6.92 Å². The van der Waals surface area contributed by atoms with Crippen molar-refractivity contribution in [2.45, 2.75) is 43.7 Å². The number of thiazole rings is 1. The van der Waals surface area contributed by atoms with Gasteiger partial charge in [-0.25, -0.2) is 13.8 Å². The van der Waals surface area contributed by atoms with Crippen LogP contribution in [0, 0.1) is 17.6 Å². The molecule has 3 heterocycles. The highest BCUT2D eigenvalue weighted by Crippen LogP contribution is 2.39. The van der Waals surface area contributed by atoms with Crippen LogP contribution in [0.5, 0.6) is 0 Å². The zero-order valence-corrected chi connectivity index (χ0v) is 19.9. The number of halogens is 2. The third-order valence-corrected chi connectivity index (χ3v) is 7.59. The molecule has 1 saturated carbocycles. The predicted molar refractivity (Wildman–Crippen MR) is 128 cm³/mol. The van der Waals surface area contributed by atoms with Crippen molar-refractivity contribution < 1.29 is 23.4 Å². The van der Waals surface area contributed by atoms with Crippen LogP contribution in [0.1, 0.15) is 53.7 Å². The summed E-state index contributed by atoms with van der Waals surface area (Å²) >= 11 is 0.965. The molecule has 3 unspecified atom stereocenters. The lowest BCUT2D eigenvalue weighted by molar-refractivity contribution is -0.184. The zero-order chi connectivity index (χ0) is 24.7. The molecular formula is C25H26F2N4O3S. The highest BCUT2D eigenvalue weighted by atomic mass is 32.1. The van der Waals surface area contributed by atoms with Crippen molar-refractivity contribution in [3.05, 3.63) is 64.4 Å². The molecule has 0 bridgehead atoms. The fourth-order valence-corrected chi connectivity index (χ4v) is 5.81. The highest BCUT2D eigenvalue weighted by Gasteiger charge is 2.39. The third-order valence-electron chi connectivity index (χ3n) is 6.73. The summed E-state index contributed by atoms with van der Waals surface area (Å²) in [6, 6.07) is 4.17. The Kier molecular flexibility index (Phi) is 6.39. The van der Waals surface area contributed by atoms with Crippen molar-refractivity contribution in [2.24, 2.45) is 11.7 Å². The van der Waals surface area contributed by atoms with Crippen molar-refractivity contribution in [3.63, 3.8) is 0 Å². The molecule has 10 heteroatoms. The maximum Gasteiger partial charge on any atom is 0.275 e. The van der Waals surface area contributed by atoms with Gasteiger partial charge in [-0.2, -0.15) is 0 Å². The number of anilines is 1. The van der Waals surface area contributed by atoms with Gasteiger partial charge in [0.1, 0.15) is 27.9 Å². The number of aromatic nitrogens is 2. The predicted octanol–water partition coefficient (Wildman–Crippen LogP) is 4.18. The summed E-state index contributed by atoms with van der Waals surface area (Å²) in [7, 11) is 0. The Bertz CT molecular complexity index is 1230. The molecule has 1 aliphatic heterocycles. The Morgan fingerprint density at radius 3 is 2.66 bits per heavy atom. The number of carbonyl (C=O) groups excluding carboxylic acids is 1. The van der Waals surface area contributed by atoms with E-state index in [0.29, 0.717) is 11.6 Å². The second kappa shape index (κ2) is 9.34. The van der Waals surface area contributed by atoms with E-state index in [2.05, 4.69) is 22.2 Å². The van der Waals surface area contributed by atoms with Gasteiger partial charge in [0.2, 0.25) is 0 Å². The molecule has 2 aromatic heterocycles. The Labute approximate surface area is 205 Å². The summed E-state index contributed by atoms with van der Waals surface area (Å²) in [6.45, 7) is 2.14. The maximum atomic E-state index is 14.8.